The Kier molecular flexibility index (Phi) is 5.47. The molecular formula is C18H30N2. The maximum Gasteiger partial charge on any atom is 0.0411 e. The van der Waals surface area contributed by atoms with Gasteiger partial charge in [-0.1, -0.05) is 45.9 Å². The summed E-state index contributed by atoms with van der Waals surface area (Å²) in [6.45, 7) is 13.7. The molecule has 0 bridgehead atoms. The van der Waals surface area contributed by atoms with Crippen molar-refractivity contribution in [2.24, 2.45) is 17.8 Å². The summed E-state index contributed by atoms with van der Waals surface area (Å²) in [4.78, 5) is 2.58. The molecule has 1 aromatic carbocycles. The first-order valence-corrected chi connectivity index (χ1v) is 8.11. The topological polar surface area (TPSA) is 15.3 Å². The van der Waals surface area contributed by atoms with Crippen LogP contribution < -0.4 is 10.2 Å². The third kappa shape index (κ3) is 3.99. The SMILES string of the molecule is CC(C)CNCc1ccccc1N1CCC(C)C(C)C1. The van der Waals surface area contributed by atoms with Crippen LogP contribution in [0.3, 0.4) is 0 Å². The van der Waals surface area contributed by atoms with E-state index < -0.39 is 0 Å². The lowest BCUT2D eigenvalue weighted by molar-refractivity contribution is 0.323. The molecule has 1 aromatic rings. The third-order valence-electron chi connectivity index (χ3n) is 4.53. The van der Waals surface area contributed by atoms with Crippen molar-refractivity contribution in [3.05, 3.63) is 29.8 Å². The van der Waals surface area contributed by atoms with Crippen molar-refractivity contribution < 1.29 is 0 Å². The fraction of sp³-hybridized carbons (Fsp3) is 0.667. The summed E-state index contributed by atoms with van der Waals surface area (Å²) in [7, 11) is 0. The number of hydrogen-bond acceptors (Lipinski definition) is 2. The predicted octanol–water partition coefficient (Wildman–Crippen LogP) is 3.91. The van der Waals surface area contributed by atoms with Crippen molar-refractivity contribution >= 4 is 5.69 Å². The Morgan fingerprint density at radius 3 is 2.65 bits per heavy atom. The molecule has 112 valence electrons. The molecule has 2 atom stereocenters. The van der Waals surface area contributed by atoms with Gasteiger partial charge < -0.3 is 10.2 Å². The van der Waals surface area contributed by atoms with E-state index in [2.05, 4.69) is 62.2 Å². The van der Waals surface area contributed by atoms with Crippen molar-refractivity contribution in [2.45, 2.75) is 40.7 Å². The maximum atomic E-state index is 3.57. The molecule has 1 heterocycles. The summed E-state index contributed by atoms with van der Waals surface area (Å²) in [5.74, 6) is 2.36. The summed E-state index contributed by atoms with van der Waals surface area (Å²) in [6, 6.07) is 8.89. The van der Waals surface area contributed by atoms with Crippen LogP contribution in [-0.2, 0) is 6.54 Å². The summed E-state index contributed by atoms with van der Waals surface area (Å²) in [6.07, 6.45) is 1.31. The lowest BCUT2D eigenvalue weighted by Crippen LogP contribution is -2.39. The molecule has 1 aliphatic heterocycles. The van der Waals surface area contributed by atoms with E-state index in [0.717, 1.165) is 24.9 Å². The minimum atomic E-state index is 0.707. The van der Waals surface area contributed by atoms with Gasteiger partial charge in [0.15, 0.2) is 0 Å². The Bertz CT molecular complexity index is 414. The van der Waals surface area contributed by atoms with Gasteiger partial charge in [0.25, 0.3) is 0 Å². The standard InChI is InChI=1S/C18H30N2/c1-14(2)11-19-12-17-7-5-6-8-18(17)20-10-9-15(3)16(4)13-20/h5-8,14-16,19H,9-13H2,1-4H3. The van der Waals surface area contributed by atoms with Crippen LogP contribution in [0.4, 0.5) is 5.69 Å². The van der Waals surface area contributed by atoms with Crippen molar-refractivity contribution in [3.63, 3.8) is 0 Å². The van der Waals surface area contributed by atoms with Gasteiger partial charge in [-0.05, 0) is 42.3 Å². The van der Waals surface area contributed by atoms with Gasteiger partial charge >= 0.3 is 0 Å². The molecule has 2 rings (SSSR count). The van der Waals surface area contributed by atoms with Crippen LogP contribution in [0.25, 0.3) is 0 Å². The van der Waals surface area contributed by atoms with Gasteiger partial charge in [0, 0.05) is 25.3 Å². The molecule has 1 fully saturated rings. The van der Waals surface area contributed by atoms with Gasteiger partial charge in [-0.3, -0.25) is 0 Å². The maximum absolute atomic E-state index is 3.57. The van der Waals surface area contributed by atoms with Crippen molar-refractivity contribution in [1.82, 2.24) is 5.32 Å². The largest absolute Gasteiger partial charge is 0.371 e. The van der Waals surface area contributed by atoms with Gasteiger partial charge in [0.1, 0.15) is 0 Å². The van der Waals surface area contributed by atoms with Crippen LogP contribution in [-0.4, -0.2) is 19.6 Å². The zero-order valence-electron chi connectivity index (χ0n) is 13.5. The minimum absolute atomic E-state index is 0.707. The number of piperidine rings is 1. The molecule has 0 spiro atoms. The van der Waals surface area contributed by atoms with Crippen LogP contribution in [0.1, 0.15) is 39.7 Å². The molecule has 0 amide bonds. The zero-order valence-corrected chi connectivity index (χ0v) is 13.5. The zero-order chi connectivity index (χ0) is 14.5. The minimum Gasteiger partial charge on any atom is -0.371 e. The number of nitrogens with zero attached hydrogens (tertiary/aromatic N) is 1. The molecular weight excluding hydrogens is 244 g/mol. The number of anilines is 1. The average Bonchev–Trinajstić information content (AvgIpc) is 2.42. The van der Waals surface area contributed by atoms with Crippen LogP contribution in [0.15, 0.2) is 24.3 Å². The van der Waals surface area contributed by atoms with Gasteiger partial charge in [0.05, 0.1) is 0 Å². The van der Waals surface area contributed by atoms with Crippen molar-refractivity contribution in [1.29, 1.82) is 0 Å². The molecule has 0 radical (unpaired) electrons. The first-order valence-electron chi connectivity index (χ1n) is 8.11. The second-order valence-corrected chi connectivity index (χ2v) is 6.84. The molecule has 20 heavy (non-hydrogen) atoms. The molecule has 2 nitrogen and oxygen atoms in total. The van der Waals surface area contributed by atoms with Gasteiger partial charge in [-0.2, -0.15) is 0 Å². The van der Waals surface area contributed by atoms with Crippen LogP contribution in [0.5, 0.6) is 0 Å². The molecule has 1 saturated heterocycles. The van der Waals surface area contributed by atoms with Crippen LogP contribution in [0.2, 0.25) is 0 Å². The second-order valence-electron chi connectivity index (χ2n) is 6.84. The second kappa shape index (κ2) is 7.12. The molecule has 2 unspecified atom stereocenters. The Morgan fingerprint density at radius 2 is 1.95 bits per heavy atom. The highest BCUT2D eigenvalue weighted by molar-refractivity contribution is 5.54. The first kappa shape index (κ1) is 15.4. The fourth-order valence-electron chi connectivity index (χ4n) is 2.95. The Morgan fingerprint density at radius 1 is 1.20 bits per heavy atom. The highest BCUT2D eigenvalue weighted by atomic mass is 15.1. The molecule has 0 aliphatic carbocycles. The summed E-state index contributed by atoms with van der Waals surface area (Å²) < 4.78 is 0. The highest BCUT2D eigenvalue weighted by Crippen LogP contribution is 2.29. The number of nitrogens with one attached hydrogen (secondary N) is 1. The van der Waals surface area contributed by atoms with Gasteiger partial charge in [0.2, 0.25) is 0 Å². The highest BCUT2D eigenvalue weighted by Gasteiger charge is 2.23. The molecule has 2 heteroatoms. The monoisotopic (exact) mass is 274 g/mol. The first-order chi connectivity index (χ1) is 9.58. The number of benzene rings is 1. The Labute approximate surface area is 124 Å². The number of para-hydroxylation sites is 1. The lowest BCUT2D eigenvalue weighted by Gasteiger charge is -2.37. The van der Waals surface area contributed by atoms with Crippen molar-refractivity contribution in [2.75, 3.05) is 24.5 Å². The van der Waals surface area contributed by atoms with E-state index in [0.29, 0.717) is 5.92 Å². The summed E-state index contributed by atoms with van der Waals surface area (Å²) >= 11 is 0. The van der Waals surface area contributed by atoms with E-state index in [1.807, 2.05) is 0 Å². The van der Waals surface area contributed by atoms with Crippen LogP contribution in [0, 0.1) is 17.8 Å². The van der Waals surface area contributed by atoms with E-state index in [9.17, 15) is 0 Å². The molecule has 1 N–H and O–H groups in total. The van der Waals surface area contributed by atoms with Crippen LogP contribution >= 0.6 is 0 Å². The average molecular weight is 274 g/mol. The van der Waals surface area contributed by atoms with E-state index in [4.69, 9.17) is 0 Å². The predicted molar refractivity (Wildman–Crippen MR) is 88.1 cm³/mol. The molecule has 0 saturated carbocycles. The number of hydrogen-bond donors (Lipinski definition) is 1. The Hall–Kier alpha value is -1.02. The normalized spacial score (nSPS) is 23.4. The number of rotatable bonds is 5. The fourth-order valence-corrected chi connectivity index (χ4v) is 2.95. The van der Waals surface area contributed by atoms with Crippen molar-refractivity contribution in [3.8, 4) is 0 Å². The lowest BCUT2D eigenvalue weighted by atomic mass is 9.88. The van der Waals surface area contributed by atoms with E-state index in [-0.39, 0.29) is 0 Å². The van der Waals surface area contributed by atoms with E-state index in [1.54, 1.807) is 0 Å². The van der Waals surface area contributed by atoms with E-state index in [1.165, 1.54) is 30.8 Å². The third-order valence-corrected chi connectivity index (χ3v) is 4.53. The van der Waals surface area contributed by atoms with E-state index >= 15 is 0 Å². The van der Waals surface area contributed by atoms with Gasteiger partial charge in [-0.15, -0.1) is 0 Å². The van der Waals surface area contributed by atoms with Gasteiger partial charge in [-0.25, -0.2) is 0 Å². The quantitative estimate of drug-likeness (QED) is 0.875. The summed E-state index contributed by atoms with van der Waals surface area (Å²) in [5.41, 5.74) is 2.87. The summed E-state index contributed by atoms with van der Waals surface area (Å²) in [5, 5.41) is 3.57. The Balaban J connectivity index is 2.03. The molecule has 0 aromatic heterocycles. The smallest absolute Gasteiger partial charge is 0.0411 e. The molecule has 1 aliphatic rings.